The Kier molecular flexibility index (Phi) is 4.95. The van der Waals surface area contributed by atoms with Crippen LogP contribution in [-0.2, 0) is 9.53 Å². The number of imidazole rings is 1. The van der Waals surface area contributed by atoms with Gasteiger partial charge in [-0.2, -0.15) is 0 Å². The minimum atomic E-state index is -1.07. The van der Waals surface area contributed by atoms with Gasteiger partial charge in [0.25, 0.3) is 5.91 Å². The molecule has 0 atom stereocenters. The summed E-state index contributed by atoms with van der Waals surface area (Å²) in [6.07, 6.45) is 1.59. The summed E-state index contributed by atoms with van der Waals surface area (Å²) in [6.45, 7) is 2.24. The van der Waals surface area contributed by atoms with Gasteiger partial charge in [0.2, 0.25) is 0 Å². The van der Waals surface area contributed by atoms with Crippen LogP contribution >= 0.6 is 0 Å². The Hall–Kier alpha value is -2.61. The Morgan fingerprint density at radius 2 is 2.23 bits per heavy atom. The van der Waals surface area contributed by atoms with E-state index in [4.69, 9.17) is 9.47 Å². The van der Waals surface area contributed by atoms with Gasteiger partial charge in [-0.05, 0) is 19.1 Å². The van der Waals surface area contributed by atoms with Gasteiger partial charge in [0, 0.05) is 19.9 Å². The number of hydrogen-bond donors (Lipinski definition) is 2. The van der Waals surface area contributed by atoms with Crippen molar-refractivity contribution >= 4 is 17.5 Å². The van der Waals surface area contributed by atoms with E-state index in [1.165, 1.54) is 4.40 Å². The number of fused-ring (bicyclic) bond motifs is 1. The van der Waals surface area contributed by atoms with Crippen molar-refractivity contribution in [2.24, 2.45) is 0 Å². The molecule has 8 nitrogen and oxygen atoms in total. The van der Waals surface area contributed by atoms with E-state index in [2.05, 4.69) is 10.3 Å². The predicted octanol–water partition coefficient (Wildman–Crippen LogP) is 0.482. The summed E-state index contributed by atoms with van der Waals surface area (Å²) in [5, 5.41) is 11.8. The number of amides is 1. The number of nitrogens with one attached hydrogen (secondary N) is 1. The maximum atomic E-state index is 11.6. The third-order valence-corrected chi connectivity index (χ3v) is 2.98. The fraction of sp³-hybridized carbons (Fsp3) is 0.357. The van der Waals surface area contributed by atoms with Crippen molar-refractivity contribution in [1.82, 2.24) is 14.7 Å². The van der Waals surface area contributed by atoms with Crippen molar-refractivity contribution in [3.05, 3.63) is 29.7 Å². The lowest BCUT2D eigenvalue weighted by Gasteiger charge is -2.08. The molecule has 2 rings (SSSR count). The maximum absolute atomic E-state index is 11.6. The zero-order chi connectivity index (χ0) is 16.1. The summed E-state index contributed by atoms with van der Waals surface area (Å²) < 4.78 is 11.7. The van der Waals surface area contributed by atoms with E-state index in [-0.39, 0.29) is 18.2 Å². The second-order valence-electron chi connectivity index (χ2n) is 4.55. The molecule has 2 aromatic heterocycles. The average molecular weight is 307 g/mol. The van der Waals surface area contributed by atoms with Crippen LogP contribution in [0.2, 0.25) is 0 Å². The number of carbonyl (C=O) groups is 2. The summed E-state index contributed by atoms with van der Waals surface area (Å²) in [6, 6.07) is 3.27. The van der Waals surface area contributed by atoms with Gasteiger partial charge >= 0.3 is 5.97 Å². The first-order valence-corrected chi connectivity index (χ1v) is 6.64. The van der Waals surface area contributed by atoms with Crippen molar-refractivity contribution in [2.45, 2.75) is 6.92 Å². The van der Waals surface area contributed by atoms with Gasteiger partial charge in [-0.3, -0.25) is 9.20 Å². The van der Waals surface area contributed by atoms with Gasteiger partial charge in [0.05, 0.1) is 12.3 Å². The number of aromatic carboxylic acids is 1. The molecule has 0 radical (unpaired) electrons. The van der Waals surface area contributed by atoms with Crippen molar-refractivity contribution in [3.63, 3.8) is 0 Å². The summed E-state index contributed by atoms with van der Waals surface area (Å²) in [5.41, 5.74) is 0.820. The number of aryl methyl sites for hydroxylation is 1. The number of nitrogens with zero attached hydrogens (tertiary/aromatic N) is 2. The first-order chi connectivity index (χ1) is 10.5. The largest absolute Gasteiger partial charge is 0.480 e. The summed E-state index contributed by atoms with van der Waals surface area (Å²) in [4.78, 5) is 27.0. The lowest BCUT2D eigenvalue weighted by Crippen LogP contribution is -2.31. The van der Waals surface area contributed by atoms with Crippen molar-refractivity contribution in [2.75, 3.05) is 26.9 Å². The van der Waals surface area contributed by atoms with Crippen LogP contribution in [0.4, 0.5) is 0 Å². The number of hydrogen-bond acceptors (Lipinski definition) is 5. The van der Waals surface area contributed by atoms with Gasteiger partial charge in [-0.1, -0.05) is 0 Å². The Morgan fingerprint density at radius 3 is 2.91 bits per heavy atom. The highest BCUT2D eigenvalue weighted by Crippen LogP contribution is 2.21. The van der Waals surface area contributed by atoms with Gasteiger partial charge in [0.15, 0.2) is 23.7 Å². The molecule has 8 heteroatoms. The number of ether oxygens (including phenoxy) is 2. The Labute approximate surface area is 126 Å². The van der Waals surface area contributed by atoms with Crippen LogP contribution in [0.3, 0.4) is 0 Å². The molecule has 0 saturated carbocycles. The third kappa shape index (κ3) is 3.34. The van der Waals surface area contributed by atoms with Crippen LogP contribution in [0.5, 0.6) is 5.75 Å². The monoisotopic (exact) mass is 307 g/mol. The molecule has 2 aromatic rings. The second-order valence-corrected chi connectivity index (χ2v) is 4.55. The minimum absolute atomic E-state index is 0.0741. The number of pyridine rings is 1. The Morgan fingerprint density at radius 1 is 1.45 bits per heavy atom. The van der Waals surface area contributed by atoms with E-state index in [0.717, 1.165) is 0 Å². The molecule has 0 aliphatic rings. The molecule has 22 heavy (non-hydrogen) atoms. The normalized spacial score (nSPS) is 10.6. The van der Waals surface area contributed by atoms with Crippen LogP contribution in [0.15, 0.2) is 18.3 Å². The molecule has 0 unspecified atom stereocenters. The molecule has 0 bridgehead atoms. The predicted molar refractivity (Wildman–Crippen MR) is 77.3 cm³/mol. The average Bonchev–Trinajstić information content (AvgIpc) is 2.81. The fourth-order valence-electron chi connectivity index (χ4n) is 2.01. The van der Waals surface area contributed by atoms with E-state index in [1.54, 1.807) is 32.4 Å². The van der Waals surface area contributed by atoms with Gasteiger partial charge in [-0.25, -0.2) is 9.78 Å². The molecule has 2 heterocycles. The zero-order valence-electron chi connectivity index (χ0n) is 12.3. The zero-order valence-corrected chi connectivity index (χ0v) is 12.3. The minimum Gasteiger partial charge on any atom is -0.480 e. The molecule has 0 spiro atoms. The number of methoxy groups -OCH3 is 1. The molecule has 0 saturated heterocycles. The van der Waals surface area contributed by atoms with Crippen LogP contribution in [0, 0.1) is 6.92 Å². The van der Waals surface area contributed by atoms with Crippen LogP contribution in [-0.4, -0.2) is 53.2 Å². The van der Waals surface area contributed by atoms with E-state index >= 15 is 0 Å². The highest BCUT2D eigenvalue weighted by atomic mass is 16.5. The number of carbonyl (C=O) groups excluding carboxylic acids is 1. The van der Waals surface area contributed by atoms with E-state index in [0.29, 0.717) is 30.2 Å². The van der Waals surface area contributed by atoms with E-state index in [9.17, 15) is 14.7 Å². The number of carboxylic acids is 1. The van der Waals surface area contributed by atoms with Gasteiger partial charge in [-0.15, -0.1) is 0 Å². The highest BCUT2D eigenvalue weighted by molar-refractivity contribution is 5.88. The molecular weight excluding hydrogens is 290 g/mol. The van der Waals surface area contributed by atoms with Crippen molar-refractivity contribution in [3.8, 4) is 5.75 Å². The van der Waals surface area contributed by atoms with Crippen molar-refractivity contribution in [1.29, 1.82) is 0 Å². The summed E-state index contributed by atoms with van der Waals surface area (Å²) in [7, 11) is 1.55. The van der Waals surface area contributed by atoms with Crippen LogP contribution in [0.1, 0.15) is 16.2 Å². The van der Waals surface area contributed by atoms with Crippen molar-refractivity contribution < 1.29 is 24.2 Å². The third-order valence-electron chi connectivity index (χ3n) is 2.98. The quantitative estimate of drug-likeness (QED) is 0.721. The van der Waals surface area contributed by atoms with E-state index < -0.39 is 5.97 Å². The highest BCUT2D eigenvalue weighted by Gasteiger charge is 2.18. The van der Waals surface area contributed by atoms with E-state index in [1.807, 2.05) is 0 Å². The molecule has 1 amide bonds. The van der Waals surface area contributed by atoms with Gasteiger partial charge in [0.1, 0.15) is 0 Å². The number of aromatic nitrogens is 2. The first kappa shape index (κ1) is 15.8. The molecular formula is C14H17N3O5. The molecule has 0 aromatic carbocycles. The first-order valence-electron chi connectivity index (χ1n) is 6.64. The standard InChI is InChI=1S/C14H17N3O5/c1-9-12(14(19)20)17-6-3-4-10(13(17)16-9)22-8-11(18)15-5-7-21-2/h3-4,6H,5,7-8H2,1-2H3,(H,15,18)(H,19,20). The second kappa shape index (κ2) is 6.90. The Bertz CT molecular complexity index is 695. The lowest BCUT2D eigenvalue weighted by atomic mass is 10.3. The van der Waals surface area contributed by atoms with Gasteiger partial charge < -0.3 is 19.9 Å². The molecule has 0 aliphatic carbocycles. The fourth-order valence-corrected chi connectivity index (χ4v) is 2.01. The molecule has 0 aliphatic heterocycles. The Balaban J connectivity index is 2.14. The summed E-state index contributed by atoms with van der Waals surface area (Å²) >= 11 is 0. The smallest absolute Gasteiger partial charge is 0.354 e. The van der Waals surface area contributed by atoms with Crippen LogP contribution < -0.4 is 10.1 Å². The maximum Gasteiger partial charge on any atom is 0.354 e. The SMILES string of the molecule is COCCNC(=O)COc1cccn2c(C(=O)O)c(C)nc12. The molecule has 118 valence electrons. The van der Waals surface area contributed by atoms with Crippen LogP contribution in [0.25, 0.3) is 5.65 Å². The molecule has 2 N–H and O–H groups in total. The molecule has 0 fully saturated rings. The topological polar surface area (TPSA) is 102 Å². The number of carboxylic acid groups (broad SMARTS) is 1. The number of rotatable bonds is 7. The lowest BCUT2D eigenvalue weighted by molar-refractivity contribution is -0.123. The summed E-state index contributed by atoms with van der Waals surface area (Å²) in [5.74, 6) is -1.01.